The first-order valence-corrected chi connectivity index (χ1v) is 13.3. The van der Waals surface area contributed by atoms with Gasteiger partial charge >= 0.3 is 0 Å². The van der Waals surface area contributed by atoms with Crippen LogP contribution >= 0.6 is 0 Å². The fraction of sp³-hybridized carbons (Fsp3) is 0.480. The van der Waals surface area contributed by atoms with Crippen LogP contribution in [0.1, 0.15) is 60.0 Å². The molecule has 0 bridgehead atoms. The molecule has 6 nitrogen and oxygen atoms in total. The maximum Gasteiger partial charge on any atom is 0.251 e. The third kappa shape index (κ3) is 5.70. The number of likely N-dealkylation sites (tertiary alicyclic amines) is 1. The van der Waals surface area contributed by atoms with Gasteiger partial charge in [-0.15, -0.1) is 0 Å². The van der Waals surface area contributed by atoms with Crippen LogP contribution in [0.15, 0.2) is 47.4 Å². The van der Waals surface area contributed by atoms with E-state index in [1.165, 1.54) is 36.1 Å². The molecule has 4 rings (SSSR count). The number of nitrogens with zero attached hydrogens (tertiary/aromatic N) is 1. The lowest BCUT2D eigenvalue weighted by atomic mass is 10.0. The largest absolute Gasteiger partial charge is 0.494 e. The van der Waals surface area contributed by atoms with E-state index in [1.54, 1.807) is 12.1 Å². The van der Waals surface area contributed by atoms with Gasteiger partial charge in [0.2, 0.25) is 0 Å². The lowest BCUT2D eigenvalue weighted by Crippen LogP contribution is -2.44. The van der Waals surface area contributed by atoms with Crippen LogP contribution in [0.2, 0.25) is 0 Å². The van der Waals surface area contributed by atoms with E-state index in [0.717, 1.165) is 44.5 Å². The minimum Gasteiger partial charge on any atom is -0.494 e. The number of benzene rings is 2. The average molecular weight is 457 g/mol. The van der Waals surface area contributed by atoms with E-state index in [1.807, 2.05) is 6.92 Å². The second-order valence-corrected chi connectivity index (χ2v) is 10.9. The summed E-state index contributed by atoms with van der Waals surface area (Å²) in [5, 5.41) is 3.07. The molecule has 0 radical (unpaired) electrons. The van der Waals surface area contributed by atoms with Gasteiger partial charge in [-0.1, -0.05) is 18.2 Å². The number of nitrogens with one attached hydrogen (secondary N) is 1. The number of carbonyl (C=O) groups excluding carboxylic acids is 1. The third-order valence-corrected chi connectivity index (χ3v) is 7.36. The Morgan fingerprint density at radius 2 is 1.84 bits per heavy atom. The molecule has 0 unspecified atom stereocenters. The number of carbonyl (C=O) groups is 1. The molecule has 2 aromatic carbocycles. The third-order valence-electron chi connectivity index (χ3n) is 6.25. The fourth-order valence-electron chi connectivity index (χ4n) is 4.32. The molecule has 172 valence electrons. The number of sulfone groups is 1. The molecule has 1 amide bonds. The number of hydrogen-bond acceptors (Lipinski definition) is 5. The maximum absolute atomic E-state index is 12.6. The molecule has 7 heteroatoms. The van der Waals surface area contributed by atoms with Crippen molar-refractivity contribution in [2.24, 2.45) is 0 Å². The monoisotopic (exact) mass is 456 g/mol. The van der Waals surface area contributed by atoms with Crippen LogP contribution in [0, 0.1) is 0 Å². The van der Waals surface area contributed by atoms with Gasteiger partial charge in [-0.3, -0.25) is 9.69 Å². The summed E-state index contributed by atoms with van der Waals surface area (Å²) in [5.41, 5.74) is 2.99. The summed E-state index contributed by atoms with van der Waals surface area (Å²) in [7, 11) is -3.34. The molecule has 0 spiro atoms. The normalized spacial score (nSPS) is 17.8. The standard InChI is InChI=1S/C25H32N2O4S/c1-3-31-24-15-18(7-10-23(24)19-8-9-19)17-27-13-11-21(12-14-27)26-25(28)20-5-4-6-22(16-20)32(2,29)30/h4-7,10,15-16,19,21H,3,8-9,11-14,17H2,1-2H3,(H,26,28). The van der Waals surface area contributed by atoms with Gasteiger partial charge < -0.3 is 10.1 Å². The highest BCUT2D eigenvalue weighted by molar-refractivity contribution is 7.90. The Hall–Kier alpha value is -2.38. The van der Waals surface area contributed by atoms with Crippen molar-refractivity contribution >= 4 is 15.7 Å². The molecule has 2 fully saturated rings. The second kappa shape index (κ2) is 9.63. The van der Waals surface area contributed by atoms with Crippen molar-refractivity contribution in [3.8, 4) is 5.75 Å². The van der Waals surface area contributed by atoms with E-state index in [9.17, 15) is 13.2 Å². The molecule has 2 aliphatic rings. The smallest absolute Gasteiger partial charge is 0.251 e. The lowest BCUT2D eigenvalue weighted by molar-refractivity contribution is 0.0908. The summed E-state index contributed by atoms with van der Waals surface area (Å²) in [6.07, 6.45) is 5.41. The van der Waals surface area contributed by atoms with E-state index in [4.69, 9.17) is 4.74 Å². The number of rotatable bonds is 8. The highest BCUT2D eigenvalue weighted by Gasteiger charge is 2.27. The van der Waals surface area contributed by atoms with Gasteiger partial charge in [0.15, 0.2) is 9.84 Å². The minimum absolute atomic E-state index is 0.0943. The molecule has 1 saturated carbocycles. The molecular weight excluding hydrogens is 424 g/mol. The zero-order chi connectivity index (χ0) is 22.7. The van der Waals surface area contributed by atoms with Crippen molar-refractivity contribution in [3.63, 3.8) is 0 Å². The highest BCUT2D eigenvalue weighted by Crippen LogP contribution is 2.44. The Balaban J connectivity index is 1.31. The number of amides is 1. The molecule has 32 heavy (non-hydrogen) atoms. The van der Waals surface area contributed by atoms with Gasteiger partial charge in [-0.25, -0.2) is 8.42 Å². The molecule has 0 atom stereocenters. The Labute approximate surface area is 190 Å². The van der Waals surface area contributed by atoms with Crippen molar-refractivity contribution in [1.29, 1.82) is 0 Å². The van der Waals surface area contributed by atoms with Gasteiger partial charge in [0.05, 0.1) is 11.5 Å². The Morgan fingerprint density at radius 1 is 1.09 bits per heavy atom. The summed E-state index contributed by atoms with van der Waals surface area (Å²) in [4.78, 5) is 15.2. The van der Waals surface area contributed by atoms with Crippen molar-refractivity contribution in [1.82, 2.24) is 10.2 Å². The van der Waals surface area contributed by atoms with E-state index in [-0.39, 0.29) is 16.8 Å². The highest BCUT2D eigenvalue weighted by atomic mass is 32.2. The predicted molar refractivity (Wildman–Crippen MR) is 125 cm³/mol. The van der Waals surface area contributed by atoms with E-state index in [0.29, 0.717) is 18.1 Å². The predicted octanol–water partition coefficient (Wildman–Crippen LogP) is 3.76. The van der Waals surface area contributed by atoms with Crippen LogP contribution in [-0.2, 0) is 16.4 Å². The first kappa shape index (κ1) is 22.8. The first-order valence-electron chi connectivity index (χ1n) is 11.4. The van der Waals surface area contributed by atoms with Crippen molar-refractivity contribution in [2.45, 2.75) is 56.0 Å². The summed E-state index contributed by atoms with van der Waals surface area (Å²) in [5.74, 6) is 1.49. The van der Waals surface area contributed by atoms with Crippen LogP contribution in [0.4, 0.5) is 0 Å². The molecule has 1 saturated heterocycles. The molecule has 1 heterocycles. The number of piperidine rings is 1. The second-order valence-electron chi connectivity index (χ2n) is 8.90. The zero-order valence-corrected chi connectivity index (χ0v) is 19.7. The quantitative estimate of drug-likeness (QED) is 0.655. The van der Waals surface area contributed by atoms with E-state index >= 15 is 0 Å². The summed E-state index contributed by atoms with van der Waals surface area (Å²) < 4.78 is 29.4. The van der Waals surface area contributed by atoms with Crippen LogP contribution in [0.5, 0.6) is 5.75 Å². The van der Waals surface area contributed by atoms with Crippen molar-refractivity contribution in [2.75, 3.05) is 26.0 Å². The van der Waals surface area contributed by atoms with Crippen molar-refractivity contribution < 1.29 is 17.9 Å². The van der Waals surface area contributed by atoms with Crippen LogP contribution < -0.4 is 10.1 Å². The van der Waals surface area contributed by atoms with Gasteiger partial charge in [0.1, 0.15) is 5.75 Å². The molecule has 1 aliphatic carbocycles. The van der Waals surface area contributed by atoms with E-state index < -0.39 is 9.84 Å². The topological polar surface area (TPSA) is 75.7 Å². The lowest BCUT2D eigenvalue weighted by Gasteiger charge is -2.32. The van der Waals surface area contributed by atoms with Gasteiger partial charge in [-0.05, 0) is 73.9 Å². The van der Waals surface area contributed by atoms with Gasteiger partial charge in [0.25, 0.3) is 5.91 Å². The number of ether oxygens (including phenoxy) is 1. The average Bonchev–Trinajstić information content (AvgIpc) is 3.60. The fourth-order valence-corrected chi connectivity index (χ4v) is 4.99. The summed E-state index contributed by atoms with van der Waals surface area (Å²) in [6.45, 7) is 5.40. The molecule has 1 N–H and O–H groups in total. The van der Waals surface area contributed by atoms with Gasteiger partial charge in [0, 0.05) is 37.5 Å². The molecular formula is C25H32N2O4S. The number of hydrogen-bond donors (Lipinski definition) is 1. The van der Waals surface area contributed by atoms with Crippen LogP contribution in [0.3, 0.4) is 0 Å². The van der Waals surface area contributed by atoms with Crippen LogP contribution in [0.25, 0.3) is 0 Å². The summed E-state index contributed by atoms with van der Waals surface area (Å²) in [6, 6.07) is 13.0. The van der Waals surface area contributed by atoms with Crippen LogP contribution in [-0.4, -0.2) is 51.2 Å². The Kier molecular flexibility index (Phi) is 6.86. The molecule has 0 aromatic heterocycles. The first-order chi connectivity index (χ1) is 15.3. The SMILES string of the molecule is CCOc1cc(CN2CCC(NC(=O)c3cccc(S(C)(=O)=O)c3)CC2)ccc1C1CC1. The van der Waals surface area contributed by atoms with Crippen molar-refractivity contribution in [3.05, 3.63) is 59.2 Å². The Bertz CT molecular complexity index is 1070. The van der Waals surface area contributed by atoms with Gasteiger partial charge in [-0.2, -0.15) is 0 Å². The molecule has 1 aliphatic heterocycles. The zero-order valence-electron chi connectivity index (χ0n) is 18.8. The maximum atomic E-state index is 12.6. The van der Waals surface area contributed by atoms with E-state index in [2.05, 4.69) is 28.4 Å². The molecule has 2 aromatic rings. The summed E-state index contributed by atoms with van der Waals surface area (Å²) >= 11 is 0. The minimum atomic E-state index is -3.34. The Morgan fingerprint density at radius 3 is 2.50 bits per heavy atom.